The zero-order valence-electron chi connectivity index (χ0n) is 16.7. The molecule has 1 aliphatic heterocycles. The Bertz CT molecular complexity index is 693. The van der Waals surface area contributed by atoms with Crippen molar-refractivity contribution in [1.82, 2.24) is 4.90 Å². The Hall–Kier alpha value is -2.02. The maximum Gasteiger partial charge on any atom is 0.343 e. The van der Waals surface area contributed by atoms with Gasteiger partial charge in [-0.05, 0) is 43.6 Å². The number of hydrogen-bond donors (Lipinski definition) is 2. The summed E-state index contributed by atoms with van der Waals surface area (Å²) in [7, 11) is 0. The molecule has 2 fully saturated rings. The highest BCUT2D eigenvalue weighted by Crippen LogP contribution is 2.47. The smallest absolute Gasteiger partial charge is 0.343 e. The van der Waals surface area contributed by atoms with Gasteiger partial charge in [-0.15, -0.1) is 0 Å². The van der Waals surface area contributed by atoms with Crippen LogP contribution in [0.2, 0.25) is 0 Å². The minimum Gasteiger partial charge on any atom is -0.463 e. The first-order valence-corrected chi connectivity index (χ1v) is 10.4. The van der Waals surface area contributed by atoms with E-state index in [2.05, 4.69) is 0 Å². The van der Waals surface area contributed by atoms with Crippen molar-refractivity contribution in [3.8, 4) is 0 Å². The molecule has 2 N–H and O–H groups in total. The molecule has 7 heteroatoms. The SMILES string of the molecule is N=CN1CCC(CCCOC(=O)C(O)(c2ccccc2)C2CCC(F)(F)C2)CC1. The van der Waals surface area contributed by atoms with Gasteiger partial charge in [0, 0.05) is 31.8 Å². The maximum absolute atomic E-state index is 13.8. The van der Waals surface area contributed by atoms with Gasteiger partial charge in [0.25, 0.3) is 0 Å². The average molecular weight is 408 g/mol. The lowest BCUT2D eigenvalue weighted by Crippen LogP contribution is -2.44. The summed E-state index contributed by atoms with van der Waals surface area (Å²) >= 11 is 0. The highest BCUT2D eigenvalue weighted by Gasteiger charge is 2.54. The second kappa shape index (κ2) is 9.20. The van der Waals surface area contributed by atoms with Crippen molar-refractivity contribution in [3.63, 3.8) is 0 Å². The Labute approximate surface area is 170 Å². The minimum atomic E-state index is -2.86. The van der Waals surface area contributed by atoms with Crippen LogP contribution in [0.4, 0.5) is 8.78 Å². The molecule has 29 heavy (non-hydrogen) atoms. The van der Waals surface area contributed by atoms with E-state index < -0.39 is 29.8 Å². The lowest BCUT2D eigenvalue weighted by atomic mass is 9.80. The molecule has 1 heterocycles. The molecular weight excluding hydrogens is 378 g/mol. The highest BCUT2D eigenvalue weighted by molar-refractivity contribution is 5.81. The number of piperidine rings is 1. The largest absolute Gasteiger partial charge is 0.463 e. The first-order chi connectivity index (χ1) is 13.8. The number of carbonyl (C=O) groups is 1. The summed E-state index contributed by atoms with van der Waals surface area (Å²) in [5.41, 5.74) is -1.73. The lowest BCUT2D eigenvalue weighted by molar-refractivity contribution is -0.175. The Morgan fingerprint density at radius 3 is 2.55 bits per heavy atom. The van der Waals surface area contributed by atoms with Gasteiger partial charge in [-0.1, -0.05) is 30.3 Å². The van der Waals surface area contributed by atoms with Crippen LogP contribution >= 0.6 is 0 Å². The molecule has 1 aliphatic carbocycles. The van der Waals surface area contributed by atoms with Gasteiger partial charge in [0.05, 0.1) is 12.9 Å². The summed E-state index contributed by atoms with van der Waals surface area (Å²) in [5.74, 6) is -4.02. The summed E-state index contributed by atoms with van der Waals surface area (Å²) in [6, 6.07) is 8.30. The minimum absolute atomic E-state index is 0.0824. The van der Waals surface area contributed by atoms with Gasteiger partial charge in [-0.3, -0.25) is 5.41 Å². The first-order valence-electron chi connectivity index (χ1n) is 10.4. The van der Waals surface area contributed by atoms with Crippen molar-refractivity contribution in [2.45, 2.75) is 56.5 Å². The molecule has 0 amide bonds. The van der Waals surface area contributed by atoms with E-state index in [9.17, 15) is 18.7 Å². The fourth-order valence-corrected chi connectivity index (χ4v) is 4.54. The van der Waals surface area contributed by atoms with Crippen LogP contribution < -0.4 is 0 Å². The van der Waals surface area contributed by atoms with Crippen molar-refractivity contribution in [3.05, 3.63) is 35.9 Å². The van der Waals surface area contributed by atoms with Crippen LogP contribution in [0.25, 0.3) is 0 Å². The predicted molar refractivity (Wildman–Crippen MR) is 106 cm³/mol. The van der Waals surface area contributed by atoms with Gasteiger partial charge in [0.1, 0.15) is 0 Å². The van der Waals surface area contributed by atoms with Crippen LogP contribution in [-0.2, 0) is 15.1 Å². The monoisotopic (exact) mass is 408 g/mol. The van der Waals surface area contributed by atoms with E-state index in [1.165, 1.54) is 6.34 Å². The van der Waals surface area contributed by atoms with Crippen molar-refractivity contribution in [1.29, 1.82) is 5.41 Å². The molecule has 1 saturated carbocycles. The molecule has 1 aromatic carbocycles. The number of carbonyl (C=O) groups excluding carboxylic acids is 1. The number of likely N-dealkylation sites (tertiary alicyclic amines) is 1. The normalized spacial score (nSPS) is 24.1. The number of halogens is 2. The average Bonchev–Trinajstić information content (AvgIpc) is 3.11. The number of nitrogens with zero attached hydrogens (tertiary/aromatic N) is 1. The quantitative estimate of drug-likeness (QED) is 0.296. The van der Waals surface area contributed by atoms with Crippen LogP contribution in [0.5, 0.6) is 0 Å². The molecule has 2 atom stereocenters. The third-order valence-electron chi connectivity index (χ3n) is 6.34. The molecule has 1 aromatic rings. The molecule has 0 spiro atoms. The highest BCUT2D eigenvalue weighted by atomic mass is 19.3. The molecule has 5 nitrogen and oxygen atoms in total. The summed E-state index contributed by atoms with van der Waals surface area (Å²) < 4.78 is 33.0. The van der Waals surface area contributed by atoms with Gasteiger partial charge in [0.15, 0.2) is 5.60 Å². The van der Waals surface area contributed by atoms with Gasteiger partial charge in [-0.2, -0.15) is 0 Å². The molecule has 1 saturated heterocycles. The van der Waals surface area contributed by atoms with Crippen LogP contribution in [0.15, 0.2) is 30.3 Å². The van der Waals surface area contributed by atoms with E-state index in [4.69, 9.17) is 10.1 Å². The fourth-order valence-electron chi connectivity index (χ4n) is 4.54. The van der Waals surface area contributed by atoms with Crippen LogP contribution in [0.1, 0.15) is 50.5 Å². The second-order valence-corrected chi connectivity index (χ2v) is 8.31. The van der Waals surface area contributed by atoms with Crippen molar-refractivity contribution in [2.75, 3.05) is 19.7 Å². The summed E-state index contributed by atoms with van der Waals surface area (Å²) in [5, 5.41) is 18.5. The number of aliphatic hydroxyl groups is 1. The van der Waals surface area contributed by atoms with Gasteiger partial charge >= 0.3 is 5.97 Å². The first kappa shape index (κ1) is 21.7. The zero-order valence-corrected chi connectivity index (χ0v) is 16.7. The van der Waals surface area contributed by atoms with Gasteiger partial charge in [0.2, 0.25) is 5.92 Å². The van der Waals surface area contributed by atoms with Crippen LogP contribution in [-0.4, -0.2) is 47.9 Å². The van der Waals surface area contributed by atoms with E-state index in [1.807, 2.05) is 4.90 Å². The standard InChI is InChI=1S/C22H30F2N2O3/c23-21(24)11-8-19(15-21)22(28,18-6-2-1-3-7-18)20(27)29-14-4-5-17-9-12-26(16-25)13-10-17/h1-3,6-7,16-17,19,25,28H,4-5,8-15H2. The number of rotatable bonds is 8. The third kappa shape index (κ3) is 5.13. The van der Waals surface area contributed by atoms with Gasteiger partial charge in [-0.25, -0.2) is 13.6 Å². The fraction of sp³-hybridized carbons (Fsp3) is 0.636. The number of alkyl halides is 2. The van der Waals surface area contributed by atoms with Crippen molar-refractivity contribution in [2.24, 2.45) is 11.8 Å². The molecule has 0 bridgehead atoms. The third-order valence-corrected chi connectivity index (χ3v) is 6.34. The number of ether oxygens (including phenoxy) is 1. The van der Waals surface area contributed by atoms with E-state index in [0.29, 0.717) is 17.9 Å². The molecule has 0 aromatic heterocycles. The van der Waals surface area contributed by atoms with Crippen LogP contribution in [0, 0.1) is 17.2 Å². The summed E-state index contributed by atoms with van der Waals surface area (Å²) in [6.45, 7) is 1.91. The topological polar surface area (TPSA) is 73.6 Å². The second-order valence-electron chi connectivity index (χ2n) is 8.31. The van der Waals surface area contributed by atoms with E-state index in [1.54, 1.807) is 30.3 Å². The molecule has 2 unspecified atom stereocenters. The molecule has 3 rings (SSSR count). The lowest BCUT2D eigenvalue weighted by Gasteiger charge is -2.32. The molecule has 160 valence electrons. The van der Waals surface area contributed by atoms with E-state index in [0.717, 1.165) is 32.4 Å². The Balaban J connectivity index is 1.57. The summed E-state index contributed by atoms with van der Waals surface area (Å²) in [4.78, 5) is 14.8. The van der Waals surface area contributed by atoms with E-state index >= 15 is 0 Å². The predicted octanol–water partition coefficient (Wildman–Crippen LogP) is 3.95. The zero-order chi connectivity index (χ0) is 20.9. The van der Waals surface area contributed by atoms with E-state index in [-0.39, 0.29) is 19.4 Å². The molecule has 0 radical (unpaired) electrons. The Morgan fingerprint density at radius 1 is 1.28 bits per heavy atom. The summed E-state index contributed by atoms with van der Waals surface area (Å²) in [6.07, 6.45) is 4.21. The van der Waals surface area contributed by atoms with Crippen molar-refractivity contribution >= 4 is 12.3 Å². The maximum atomic E-state index is 13.8. The number of hydrogen-bond acceptors (Lipinski definition) is 4. The Kier molecular flexibility index (Phi) is 6.88. The van der Waals surface area contributed by atoms with Gasteiger partial charge < -0.3 is 14.7 Å². The molecular formula is C22H30F2N2O3. The number of nitrogens with one attached hydrogen (secondary N) is 1. The number of esters is 1. The Morgan fingerprint density at radius 2 is 1.97 bits per heavy atom. The van der Waals surface area contributed by atoms with Crippen molar-refractivity contribution < 1.29 is 23.4 Å². The molecule has 2 aliphatic rings. The number of benzene rings is 1. The van der Waals surface area contributed by atoms with Crippen LogP contribution in [0.3, 0.4) is 0 Å².